The molecule has 1 aromatic heterocycles. The number of carbonyl (C=O) groups is 1. The molecule has 0 bridgehead atoms. The molecule has 0 N–H and O–H groups in total. The highest BCUT2D eigenvalue weighted by Crippen LogP contribution is 2.31. The molecule has 1 saturated heterocycles. The van der Waals surface area contributed by atoms with E-state index in [1.165, 1.54) is 5.56 Å². The van der Waals surface area contributed by atoms with Crippen molar-refractivity contribution < 1.29 is 9.53 Å². The number of nitrogens with zero attached hydrogens (tertiary/aromatic N) is 2. The lowest BCUT2D eigenvalue weighted by atomic mass is 10.1. The molecular formula is C13H14N2O2. The van der Waals surface area contributed by atoms with Crippen LogP contribution in [0.1, 0.15) is 5.56 Å². The fraction of sp³-hybridized carbons (Fsp3) is 0.308. The standard InChI is InChI=1S/C13H14N2O2/c1-9-3-4-11-10(7-9)12(8-14(11)2)15-5-6-17-13(15)16/h3-4,7-8H,5-6H2,1-2H3. The molecule has 4 nitrogen and oxygen atoms in total. The van der Waals surface area contributed by atoms with Gasteiger partial charge in [0.1, 0.15) is 6.61 Å². The maximum atomic E-state index is 11.6. The topological polar surface area (TPSA) is 34.5 Å². The molecule has 3 rings (SSSR count). The minimum atomic E-state index is -0.251. The fourth-order valence-electron chi connectivity index (χ4n) is 2.31. The van der Waals surface area contributed by atoms with Crippen LogP contribution in [0.2, 0.25) is 0 Å². The number of hydrogen-bond acceptors (Lipinski definition) is 2. The molecule has 2 aromatic rings. The summed E-state index contributed by atoms with van der Waals surface area (Å²) < 4.78 is 7.02. The third-order valence-electron chi connectivity index (χ3n) is 3.18. The van der Waals surface area contributed by atoms with Crippen LogP contribution in [0.5, 0.6) is 0 Å². The minimum absolute atomic E-state index is 0.251. The van der Waals surface area contributed by atoms with Crippen molar-refractivity contribution in [3.63, 3.8) is 0 Å². The van der Waals surface area contributed by atoms with E-state index < -0.39 is 0 Å². The molecule has 1 amide bonds. The van der Waals surface area contributed by atoms with Crippen molar-refractivity contribution in [3.05, 3.63) is 30.0 Å². The minimum Gasteiger partial charge on any atom is -0.447 e. The Labute approximate surface area is 99.4 Å². The lowest BCUT2D eigenvalue weighted by Crippen LogP contribution is -2.22. The summed E-state index contributed by atoms with van der Waals surface area (Å²) in [6.45, 7) is 3.16. The molecule has 0 radical (unpaired) electrons. The normalized spacial score (nSPS) is 15.6. The van der Waals surface area contributed by atoms with E-state index in [0.29, 0.717) is 13.2 Å². The molecule has 0 unspecified atom stereocenters. The lowest BCUT2D eigenvalue weighted by Gasteiger charge is -2.10. The van der Waals surface area contributed by atoms with E-state index in [-0.39, 0.29) is 6.09 Å². The number of hydrogen-bond donors (Lipinski definition) is 0. The fourth-order valence-corrected chi connectivity index (χ4v) is 2.31. The van der Waals surface area contributed by atoms with E-state index >= 15 is 0 Å². The second-order valence-electron chi connectivity index (χ2n) is 4.41. The number of aromatic nitrogens is 1. The molecular weight excluding hydrogens is 216 g/mol. The van der Waals surface area contributed by atoms with E-state index in [9.17, 15) is 4.79 Å². The summed E-state index contributed by atoms with van der Waals surface area (Å²) in [7, 11) is 1.99. The molecule has 88 valence electrons. The van der Waals surface area contributed by atoms with Gasteiger partial charge in [-0.3, -0.25) is 4.90 Å². The quantitative estimate of drug-likeness (QED) is 0.754. The Morgan fingerprint density at radius 2 is 2.18 bits per heavy atom. The van der Waals surface area contributed by atoms with E-state index in [0.717, 1.165) is 16.6 Å². The van der Waals surface area contributed by atoms with E-state index in [1.807, 2.05) is 17.8 Å². The molecule has 1 fully saturated rings. The first-order chi connectivity index (χ1) is 8.16. The van der Waals surface area contributed by atoms with Gasteiger partial charge in [-0.25, -0.2) is 4.79 Å². The summed E-state index contributed by atoms with van der Waals surface area (Å²) in [5, 5.41) is 1.10. The Hall–Kier alpha value is -1.97. The van der Waals surface area contributed by atoms with Gasteiger partial charge in [0.25, 0.3) is 0 Å². The van der Waals surface area contributed by atoms with Crippen molar-refractivity contribution in [2.45, 2.75) is 6.92 Å². The number of benzene rings is 1. The summed E-state index contributed by atoms with van der Waals surface area (Å²) in [5.74, 6) is 0. The van der Waals surface area contributed by atoms with Gasteiger partial charge in [-0.15, -0.1) is 0 Å². The summed E-state index contributed by atoms with van der Waals surface area (Å²) in [6, 6.07) is 6.26. The number of aryl methyl sites for hydroxylation is 2. The highest BCUT2D eigenvalue weighted by atomic mass is 16.6. The predicted octanol–water partition coefficient (Wildman–Crippen LogP) is 2.44. The van der Waals surface area contributed by atoms with Gasteiger partial charge in [0.05, 0.1) is 12.2 Å². The second-order valence-corrected chi connectivity index (χ2v) is 4.41. The van der Waals surface area contributed by atoms with Crippen molar-refractivity contribution in [1.82, 2.24) is 4.57 Å². The molecule has 0 spiro atoms. The molecule has 1 aliphatic heterocycles. The molecule has 17 heavy (non-hydrogen) atoms. The van der Waals surface area contributed by atoms with E-state index in [2.05, 4.69) is 25.1 Å². The number of amides is 1. The smallest absolute Gasteiger partial charge is 0.414 e. The van der Waals surface area contributed by atoms with Crippen LogP contribution in [0.4, 0.5) is 10.5 Å². The number of ether oxygens (including phenoxy) is 1. The van der Waals surface area contributed by atoms with Crippen LogP contribution >= 0.6 is 0 Å². The Morgan fingerprint density at radius 3 is 2.88 bits per heavy atom. The maximum absolute atomic E-state index is 11.6. The van der Waals surface area contributed by atoms with E-state index in [1.54, 1.807) is 4.90 Å². The lowest BCUT2D eigenvalue weighted by molar-refractivity contribution is 0.181. The zero-order valence-corrected chi connectivity index (χ0v) is 9.93. The number of fused-ring (bicyclic) bond motifs is 1. The summed E-state index contributed by atoms with van der Waals surface area (Å²) in [5.41, 5.74) is 3.26. The zero-order valence-electron chi connectivity index (χ0n) is 9.93. The average Bonchev–Trinajstić information content (AvgIpc) is 2.83. The first kappa shape index (κ1) is 10.2. The average molecular weight is 230 g/mol. The predicted molar refractivity (Wildman–Crippen MR) is 66.4 cm³/mol. The van der Waals surface area contributed by atoms with Gasteiger partial charge in [-0.1, -0.05) is 11.6 Å². The number of carbonyl (C=O) groups excluding carboxylic acids is 1. The highest BCUT2D eigenvalue weighted by Gasteiger charge is 2.26. The summed E-state index contributed by atoms with van der Waals surface area (Å²) in [4.78, 5) is 13.3. The van der Waals surface area contributed by atoms with Gasteiger partial charge in [0, 0.05) is 24.1 Å². The van der Waals surface area contributed by atoms with Crippen LogP contribution < -0.4 is 4.90 Å². The highest BCUT2D eigenvalue weighted by molar-refractivity contribution is 6.02. The van der Waals surface area contributed by atoms with Crippen molar-refractivity contribution >= 4 is 22.7 Å². The summed E-state index contributed by atoms with van der Waals surface area (Å²) >= 11 is 0. The third kappa shape index (κ3) is 1.48. The van der Waals surface area contributed by atoms with Gasteiger partial charge in [0.15, 0.2) is 0 Å². The second kappa shape index (κ2) is 3.52. The van der Waals surface area contributed by atoms with Crippen LogP contribution in [0.3, 0.4) is 0 Å². The van der Waals surface area contributed by atoms with Crippen molar-refractivity contribution in [1.29, 1.82) is 0 Å². The van der Waals surface area contributed by atoms with Gasteiger partial charge in [0.2, 0.25) is 0 Å². The molecule has 4 heteroatoms. The van der Waals surface area contributed by atoms with Crippen molar-refractivity contribution in [2.24, 2.45) is 7.05 Å². The monoisotopic (exact) mass is 230 g/mol. The number of anilines is 1. The number of cyclic esters (lactones) is 1. The zero-order chi connectivity index (χ0) is 12.0. The SMILES string of the molecule is Cc1ccc2c(c1)c(N1CCOC1=O)cn2C. The van der Waals surface area contributed by atoms with Crippen LogP contribution in [0.15, 0.2) is 24.4 Å². The summed E-state index contributed by atoms with van der Waals surface area (Å²) in [6.07, 6.45) is 1.73. The van der Waals surface area contributed by atoms with Crippen molar-refractivity contribution in [2.75, 3.05) is 18.1 Å². The van der Waals surface area contributed by atoms with Crippen molar-refractivity contribution in [3.8, 4) is 0 Å². The Balaban J connectivity index is 2.22. The van der Waals surface area contributed by atoms with Gasteiger partial charge in [-0.05, 0) is 19.1 Å². The first-order valence-electron chi connectivity index (χ1n) is 5.67. The van der Waals surface area contributed by atoms with E-state index in [4.69, 9.17) is 4.74 Å². The van der Waals surface area contributed by atoms with Gasteiger partial charge < -0.3 is 9.30 Å². The van der Waals surface area contributed by atoms with Gasteiger partial charge in [-0.2, -0.15) is 0 Å². The maximum Gasteiger partial charge on any atom is 0.414 e. The Bertz CT molecular complexity index is 601. The molecule has 1 aliphatic rings. The molecule has 0 atom stereocenters. The van der Waals surface area contributed by atoms with Crippen LogP contribution in [0, 0.1) is 6.92 Å². The van der Waals surface area contributed by atoms with Crippen LogP contribution in [-0.4, -0.2) is 23.8 Å². The Kier molecular flexibility index (Phi) is 2.11. The first-order valence-corrected chi connectivity index (χ1v) is 5.67. The van der Waals surface area contributed by atoms with Gasteiger partial charge >= 0.3 is 6.09 Å². The molecule has 0 aliphatic carbocycles. The van der Waals surface area contributed by atoms with Crippen LogP contribution in [-0.2, 0) is 11.8 Å². The number of rotatable bonds is 1. The van der Waals surface area contributed by atoms with Crippen LogP contribution in [0.25, 0.3) is 10.9 Å². The Morgan fingerprint density at radius 1 is 1.35 bits per heavy atom. The molecule has 1 aromatic carbocycles. The molecule has 0 saturated carbocycles. The largest absolute Gasteiger partial charge is 0.447 e. The third-order valence-corrected chi connectivity index (χ3v) is 3.18. The molecule has 2 heterocycles.